The molecular formula is C13H10N4. The van der Waals surface area contributed by atoms with Gasteiger partial charge in [0, 0.05) is 12.7 Å². The Morgan fingerprint density at radius 2 is 1.53 bits per heavy atom. The Bertz CT molecular complexity index is 545. The molecule has 0 amide bonds. The highest BCUT2D eigenvalue weighted by molar-refractivity contribution is 5.60. The molecule has 0 aliphatic carbocycles. The van der Waals surface area contributed by atoms with E-state index in [1.807, 2.05) is 37.3 Å². The fraction of sp³-hybridized carbons (Fsp3) is 0.154. The van der Waals surface area contributed by atoms with Crippen molar-refractivity contribution in [3.63, 3.8) is 0 Å². The van der Waals surface area contributed by atoms with Gasteiger partial charge in [-0.3, -0.25) is 0 Å². The van der Waals surface area contributed by atoms with Gasteiger partial charge in [-0.15, -0.1) is 0 Å². The van der Waals surface area contributed by atoms with E-state index in [1.165, 1.54) is 4.90 Å². The van der Waals surface area contributed by atoms with Crippen molar-refractivity contribution in [3.05, 3.63) is 41.1 Å². The molecule has 0 saturated carbocycles. The van der Waals surface area contributed by atoms with Gasteiger partial charge >= 0.3 is 0 Å². The lowest BCUT2D eigenvalue weighted by Crippen LogP contribution is -2.16. The zero-order valence-corrected chi connectivity index (χ0v) is 9.60. The van der Waals surface area contributed by atoms with Crippen LogP contribution in [0.1, 0.15) is 5.56 Å². The van der Waals surface area contributed by atoms with E-state index < -0.39 is 0 Å². The third-order valence-corrected chi connectivity index (χ3v) is 2.32. The predicted molar refractivity (Wildman–Crippen MR) is 63.4 cm³/mol. The molecule has 1 rings (SSSR count). The predicted octanol–water partition coefficient (Wildman–Crippen LogP) is 2.26. The van der Waals surface area contributed by atoms with Crippen molar-refractivity contribution in [3.8, 4) is 18.2 Å². The number of anilines is 1. The van der Waals surface area contributed by atoms with E-state index in [9.17, 15) is 0 Å². The Kier molecular flexibility index (Phi) is 3.87. The summed E-state index contributed by atoms with van der Waals surface area (Å²) in [6.07, 6.45) is 0. The molecule has 1 aromatic carbocycles. The van der Waals surface area contributed by atoms with Crippen molar-refractivity contribution in [2.45, 2.75) is 6.92 Å². The SMILES string of the molecule is Cc1ccc(N(C)C(C#N)=C(C#N)C#N)cc1. The molecule has 17 heavy (non-hydrogen) atoms. The van der Waals surface area contributed by atoms with Gasteiger partial charge in [0.25, 0.3) is 0 Å². The molecular weight excluding hydrogens is 212 g/mol. The van der Waals surface area contributed by atoms with E-state index in [4.69, 9.17) is 15.8 Å². The van der Waals surface area contributed by atoms with Crippen molar-refractivity contribution in [1.29, 1.82) is 15.8 Å². The van der Waals surface area contributed by atoms with Gasteiger partial charge in [0.05, 0.1) is 0 Å². The summed E-state index contributed by atoms with van der Waals surface area (Å²) in [5.74, 6) is 0. The number of rotatable bonds is 2. The van der Waals surface area contributed by atoms with Crippen LogP contribution in [0.2, 0.25) is 0 Å². The van der Waals surface area contributed by atoms with Gasteiger partial charge in [-0.1, -0.05) is 17.7 Å². The van der Waals surface area contributed by atoms with Crippen LogP contribution in [0, 0.1) is 40.9 Å². The van der Waals surface area contributed by atoms with Gasteiger partial charge in [-0.05, 0) is 19.1 Å². The minimum absolute atomic E-state index is 0.0545. The average Bonchev–Trinajstić information content (AvgIpc) is 2.36. The number of nitrogens with zero attached hydrogens (tertiary/aromatic N) is 4. The number of allylic oxidation sites excluding steroid dienone is 2. The van der Waals surface area contributed by atoms with E-state index in [1.54, 1.807) is 19.2 Å². The second kappa shape index (κ2) is 5.35. The van der Waals surface area contributed by atoms with Crippen LogP contribution in [-0.2, 0) is 0 Å². The molecule has 0 heterocycles. The highest BCUT2D eigenvalue weighted by Crippen LogP contribution is 2.19. The van der Waals surface area contributed by atoms with Crippen molar-refractivity contribution in [1.82, 2.24) is 0 Å². The molecule has 0 unspecified atom stereocenters. The molecule has 4 nitrogen and oxygen atoms in total. The summed E-state index contributed by atoms with van der Waals surface area (Å²) in [6, 6.07) is 12.8. The van der Waals surface area contributed by atoms with Crippen LogP contribution < -0.4 is 4.90 Å². The number of benzene rings is 1. The molecule has 4 heteroatoms. The third-order valence-electron chi connectivity index (χ3n) is 2.32. The summed E-state index contributed by atoms with van der Waals surface area (Å²) in [7, 11) is 1.65. The number of nitriles is 3. The van der Waals surface area contributed by atoms with Crippen molar-refractivity contribution in [2.75, 3.05) is 11.9 Å². The van der Waals surface area contributed by atoms with Gasteiger partial charge in [0.2, 0.25) is 0 Å². The van der Waals surface area contributed by atoms with Crippen LogP contribution in [0.15, 0.2) is 35.5 Å². The van der Waals surface area contributed by atoms with E-state index in [0.29, 0.717) is 0 Å². The van der Waals surface area contributed by atoms with Crippen LogP contribution in [0.3, 0.4) is 0 Å². The van der Waals surface area contributed by atoms with Gasteiger partial charge < -0.3 is 4.90 Å². The van der Waals surface area contributed by atoms with E-state index in [-0.39, 0.29) is 11.3 Å². The lowest BCUT2D eigenvalue weighted by atomic mass is 10.2. The van der Waals surface area contributed by atoms with Gasteiger partial charge in [-0.2, -0.15) is 15.8 Å². The number of hydrogen-bond donors (Lipinski definition) is 0. The summed E-state index contributed by atoms with van der Waals surface area (Å²) in [6.45, 7) is 1.96. The lowest BCUT2D eigenvalue weighted by molar-refractivity contribution is 1.12. The quantitative estimate of drug-likeness (QED) is 0.719. The highest BCUT2D eigenvalue weighted by Gasteiger charge is 2.12. The number of hydrogen-bond acceptors (Lipinski definition) is 4. The van der Waals surface area contributed by atoms with Crippen LogP contribution in [0.5, 0.6) is 0 Å². The maximum atomic E-state index is 8.99. The average molecular weight is 222 g/mol. The molecule has 82 valence electrons. The molecule has 0 spiro atoms. The molecule has 0 saturated heterocycles. The molecule has 0 radical (unpaired) electrons. The molecule has 0 N–H and O–H groups in total. The molecule has 0 atom stereocenters. The first-order chi connectivity index (χ1) is 8.13. The second-order valence-corrected chi connectivity index (χ2v) is 3.45. The first-order valence-corrected chi connectivity index (χ1v) is 4.89. The van der Waals surface area contributed by atoms with Gasteiger partial charge in [0.1, 0.15) is 23.9 Å². The third kappa shape index (κ3) is 2.62. The fourth-order valence-corrected chi connectivity index (χ4v) is 1.33. The Morgan fingerprint density at radius 1 is 1.00 bits per heavy atom. The minimum atomic E-state index is -0.185. The second-order valence-electron chi connectivity index (χ2n) is 3.45. The maximum absolute atomic E-state index is 8.99. The van der Waals surface area contributed by atoms with Gasteiger partial charge in [0.15, 0.2) is 5.57 Å². The number of aryl methyl sites for hydroxylation is 1. The van der Waals surface area contributed by atoms with Crippen molar-refractivity contribution >= 4 is 5.69 Å². The van der Waals surface area contributed by atoms with Crippen LogP contribution >= 0.6 is 0 Å². The van der Waals surface area contributed by atoms with E-state index in [0.717, 1.165) is 11.3 Å². The smallest absolute Gasteiger partial charge is 0.164 e. The Hall–Kier alpha value is -2.77. The summed E-state index contributed by atoms with van der Waals surface area (Å²) in [5.41, 5.74) is 1.73. The van der Waals surface area contributed by atoms with Crippen LogP contribution in [0.25, 0.3) is 0 Å². The lowest BCUT2D eigenvalue weighted by Gasteiger charge is -2.17. The minimum Gasteiger partial charge on any atom is -0.334 e. The van der Waals surface area contributed by atoms with E-state index >= 15 is 0 Å². The zero-order chi connectivity index (χ0) is 12.8. The summed E-state index contributed by atoms with van der Waals surface area (Å²) < 4.78 is 0. The standard InChI is InChI=1S/C13H10N4/c1-10-3-5-12(6-4-10)17(2)13(9-16)11(7-14)8-15/h3-6H,1-2H3. The van der Waals surface area contributed by atoms with Crippen LogP contribution in [0.4, 0.5) is 5.69 Å². The molecule has 1 aromatic rings. The Labute approximate surface area is 100 Å². The monoisotopic (exact) mass is 222 g/mol. The largest absolute Gasteiger partial charge is 0.334 e. The summed E-state index contributed by atoms with van der Waals surface area (Å²) in [4.78, 5) is 1.53. The summed E-state index contributed by atoms with van der Waals surface area (Å²) in [5, 5.41) is 26.5. The van der Waals surface area contributed by atoms with E-state index in [2.05, 4.69) is 0 Å². The molecule has 0 aromatic heterocycles. The Balaban J connectivity index is 3.22. The molecule has 0 fully saturated rings. The molecule has 0 aliphatic rings. The maximum Gasteiger partial charge on any atom is 0.164 e. The summed E-state index contributed by atoms with van der Waals surface area (Å²) >= 11 is 0. The fourth-order valence-electron chi connectivity index (χ4n) is 1.33. The van der Waals surface area contributed by atoms with Crippen molar-refractivity contribution in [2.24, 2.45) is 0 Å². The molecule has 0 aliphatic heterocycles. The first-order valence-electron chi connectivity index (χ1n) is 4.89. The topological polar surface area (TPSA) is 74.6 Å². The molecule has 0 bridgehead atoms. The van der Waals surface area contributed by atoms with Gasteiger partial charge in [-0.25, -0.2) is 0 Å². The van der Waals surface area contributed by atoms with Crippen LogP contribution in [-0.4, -0.2) is 7.05 Å². The zero-order valence-electron chi connectivity index (χ0n) is 9.60. The highest BCUT2D eigenvalue weighted by atomic mass is 15.1. The first kappa shape index (κ1) is 12.3. The normalized spacial score (nSPS) is 8.41. The Morgan fingerprint density at radius 3 is 1.94 bits per heavy atom. The van der Waals surface area contributed by atoms with Crippen molar-refractivity contribution < 1.29 is 0 Å².